The molecule has 0 saturated heterocycles. The van der Waals surface area contributed by atoms with Gasteiger partial charge < -0.3 is 14.4 Å². The lowest BCUT2D eigenvalue weighted by Crippen LogP contribution is -2.43. The number of rotatable bonds is 9. The Kier molecular flexibility index (Phi) is 8.19. The topological polar surface area (TPSA) is 96.5 Å². The van der Waals surface area contributed by atoms with Crippen LogP contribution in [0, 0.1) is 0 Å². The predicted molar refractivity (Wildman–Crippen MR) is 119 cm³/mol. The molecule has 0 bridgehead atoms. The molecule has 2 rings (SSSR count). The predicted octanol–water partition coefficient (Wildman–Crippen LogP) is 2.29. The van der Waals surface area contributed by atoms with Crippen LogP contribution in [0.2, 0.25) is 0 Å². The maximum Gasteiger partial charge on any atom is 0.410 e. The first-order chi connectivity index (χ1) is 14.5. The van der Waals surface area contributed by atoms with E-state index in [1.165, 1.54) is 16.1 Å². The van der Waals surface area contributed by atoms with Gasteiger partial charge in [0.2, 0.25) is 0 Å². The van der Waals surface area contributed by atoms with Gasteiger partial charge in [-0.15, -0.1) is 0 Å². The lowest BCUT2D eigenvalue weighted by Gasteiger charge is -2.29. The minimum atomic E-state index is -1.42. The van der Waals surface area contributed by atoms with E-state index in [1.54, 1.807) is 57.3 Å². The van der Waals surface area contributed by atoms with E-state index in [1.807, 2.05) is 0 Å². The number of carbonyl (C=O) groups excluding carboxylic acids is 3. The maximum atomic E-state index is 12.6. The fourth-order valence-corrected chi connectivity index (χ4v) is 3.91. The van der Waals surface area contributed by atoms with Gasteiger partial charge in [0.15, 0.2) is 0 Å². The van der Waals surface area contributed by atoms with E-state index in [-0.39, 0.29) is 31.4 Å². The Bertz CT molecular complexity index is 867. The first-order valence-electron chi connectivity index (χ1n) is 10.1. The highest BCUT2D eigenvalue weighted by Crippen LogP contribution is 2.28. The van der Waals surface area contributed by atoms with Crippen molar-refractivity contribution in [2.75, 3.05) is 50.5 Å². The number of nitrogens with zero attached hydrogens (tertiary/aromatic N) is 3. The van der Waals surface area contributed by atoms with Crippen molar-refractivity contribution >= 4 is 34.6 Å². The molecule has 0 saturated carbocycles. The zero-order valence-electron chi connectivity index (χ0n) is 19.0. The van der Waals surface area contributed by atoms with Crippen molar-refractivity contribution in [3.05, 3.63) is 29.3 Å². The van der Waals surface area contributed by atoms with Crippen LogP contribution in [-0.4, -0.2) is 83.7 Å². The summed E-state index contributed by atoms with van der Waals surface area (Å²) in [5.41, 5.74) is 0.527. The summed E-state index contributed by atoms with van der Waals surface area (Å²) in [4.78, 5) is 40.1. The second kappa shape index (κ2) is 10.2. The molecule has 0 aliphatic carbocycles. The van der Waals surface area contributed by atoms with Crippen molar-refractivity contribution in [2.45, 2.75) is 33.3 Å². The van der Waals surface area contributed by atoms with Crippen LogP contribution in [0.15, 0.2) is 18.2 Å². The molecule has 1 atom stereocenters. The van der Waals surface area contributed by atoms with Crippen LogP contribution in [0.25, 0.3) is 0 Å². The normalized spacial score (nSPS) is 14.5. The average Bonchev–Trinajstić information content (AvgIpc) is 2.92. The van der Waals surface area contributed by atoms with Crippen molar-refractivity contribution in [1.82, 2.24) is 9.80 Å². The third-order valence-electron chi connectivity index (χ3n) is 4.66. The number of ether oxygens (including phenoxy) is 2. The fourth-order valence-electron chi connectivity index (χ4n) is 3.16. The second-order valence-electron chi connectivity index (χ2n) is 8.07. The Morgan fingerprint density at radius 3 is 2.29 bits per heavy atom. The van der Waals surface area contributed by atoms with E-state index in [4.69, 9.17) is 9.47 Å². The standard InChI is InChI=1S/C21H31N3O6S/c1-7-23-18(25)16-9-8-15(14-17(16)19(23)26)24(31(6)28)11-10-22(12-13-29-5)20(27)30-21(2,3)4/h8-9,14H,7,10-13H2,1-6H3. The van der Waals surface area contributed by atoms with E-state index in [0.29, 0.717) is 30.0 Å². The van der Waals surface area contributed by atoms with E-state index in [2.05, 4.69) is 0 Å². The third-order valence-corrected chi connectivity index (χ3v) is 5.67. The van der Waals surface area contributed by atoms with E-state index in [9.17, 15) is 18.6 Å². The first-order valence-corrected chi connectivity index (χ1v) is 11.6. The summed E-state index contributed by atoms with van der Waals surface area (Å²) in [7, 11) is 0.122. The van der Waals surface area contributed by atoms with Gasteiger partial charge in [-0.1, -0.05) is 0 Å². The number of hydrogen-bond acceptors (Lipinski definition) is 6. The Labute approximate surface area is 185 Å². The van der Waals surface area contributed by atoms with Crippen LogP contribution in [0.1, 0.15) is 48.4 Å². The van der Waals surface area contributed by atoms with Crippen LogP contribution in [-0.2, 0) is 20.5 Å². The van der Waals surface area contributed by atoms with Crippen molar-refractivity contribution in [1.29, 1.82) is 0 Å². The molecule has 172 valence electrons. The minimum absolute atomic E-state index is 0.239. The minimum Gasteiger partial charge on any atom is -0.444 e. The molecule has 0 radical (unpaired) electrons. The highest BCUT2D eigenvalue weighted by atomic mass is 32.2. The Balaban J connectivity index is 2.22. The molecule has 1 aliphatic heterocycles. The van der Waals surface area contributed by atoms with E-state index in [0.717, 1.165) is 0 Å². The van der Waals surface area contributed by atoms with Crippen molar-refractivity contribution in [2.24, 2.45) is 0 Å². The van der Waals surface area contributed by atoms with Gasteiger partial charge >= 0.3 is 6.09 Å². The summed E-state index contributed by atoms with van der Waals surface area (Å²) < 4.78 is 24.6. The van der Waals surface area contributed by atoms with E-state index >= 15 is 0 Å². The summed E-state index contributed by atoms with van der Waals surface area (Å²) in [6.07, 6.45) is 1.03. The zero-order chi connectivity index (χ0) is 23.3. The molecule has 1 heterocycles. The lowest BCUT2D eigenvalue weighted by molar-refractivity contribution is 0.0208. The quantitative estimate of drug-likeness (QED) is 0.532. The number of carbonyl (C=O) groups is 3. The number of methoxy groups -OCH3 is 1. The monoisotopic (exact) mass is 453 g/mol. The molecule has 1 aromatic rings. The van der Waals surface area contributed by atoms with Crippen LogP contribution < -0.4 is 4.31 Å². The van der Waals surface area contributed by atoms with Gasteiger partial charge in [0.25, 0.3) is 11.8 Å². The van der Waals surface area contributed by atoms with Crippen molar-refractivity contribution in [3.63, 3.8) is 0 Å². The summed E-state index contributed by atoms with van der Waals surface area (Å²) in [5.74, 6) is -0.685. The largest absolute Gasteiger partial charge is 0.444 e. The van der Waals surface area contributed by atoms with Crippen LogP contribution >= 0.6 is 0 Å². The summed E-state index contributed by atoms with van der Waals surface area (Å²) in [6.45, 7) is 8.51. The zero-order valence-corrected chi connectivity index (χ0v) is 19.8. The van der Waals surface area contributed by atoms with E-state index < -0.39 is 22.7 Å². The molecule has 1 aromatic carbocycles. The van der Waals surface area contributed by atoms with Gasteiger partial charge in [0.05, 0.1) is 23.4 Å². The average molecular weight is 454 g/mol. The Hall–Kier alpha value is -2.46. The Morgan fingerprint density at radius 2 is 1.74 bits per heavy atom. The molecule has 0 aromatic heterocycles. The molecular formula is C21H31N3O6S. The second-order valence-corrected chi connectivity index (χ2v) is 9.36. The number of imide groups is 1. The summed E-state index contributed by atoms with van der Waals surface area (Å²) >= 11 is 0. The summed E-state index contributed by atoms with van der Waals surface area (Å²) in [6, 6.07) is 4.83. The fraction of sp³-hybridized carbons (Fsp3) is 0.571. The highest BCUT2D eigenvalue weighted by molar-refractivity contribution is 7.85. The van der Waals surface area contributed by atoms with Gasteiger partial charge in [0, 0.05) is 39.5 Å². The molecule has 1 unspecified atom stereocenters. The number of anilines is 1. The molecule has 0 spiro atoms. The van der Waals surface area contributed by atoms with Gasteiger partial charge in [-0.3, -0.25) is 18.8 Å². The SMILES string of the molecule is CCN1C(=O)c2ccc(N(CCN(CCOC)C(=O)OC(C)(C)C)S(C)=O)cc2C1=O. The van der Waals surface area contributed by atoms with Crippen LogP contribution in [0.5, 0.6) is 0 Å². The summed E-state index contributed by atoms with van der Waals surface area (Å²) in [5, 5.41) is 0. The van der Waals surface area contributed by atoms with Gasteiger partial charge in [-0.05, 0) is 45.9 Å². The number of amides is 3. The van der Waals surface area contributed by atoms with Gasteiger partial charge in [0.1, 0.15) is 16.6 Å². The molecule has 0 N–H and O–H groups in total. The van der Waals surface area contributed by atoms with Gasteiger partial charge in [-0.25, -0.2) is 9.00 Å². The number of hydrogen-bond donors (Lipinski definition) is 0. The van der Waals surface area contributed by atoms with Crippen molar-refractivity contribution in [3.8, 4) is 0 Å². The molecule has 10 heteroatoms. The highest BCUT2D eigenvalue weighted by Gasteiger charge is 2.35. The van der Waals surface area contributed by atoms with Crippen LogP contribution in [0.3, 0.4) is 0 Å². The third kappa shape index (κ3) is 6.04. The number of fused-ring (bicyclic) bond motifs is 1. The molecule has 31 heavy (non-hydrogen) atoms. The Morgan fingerprint density at radius 1 is 1.10 bits per heavy atom. The van der Waals surface area contributed by atoms with Crippen LogP contribution in [0.4, 0.5) is 10.5 Å². The lowest BCUT2D eigenvalue weighted by atomic mass is 10.1. The molecule has 9 nitrogen and oxygen atoms in total. The molecule has 0 fully saturated rings. The molecule has 3 amide bonds. The number of benzene rings is 1. The van der Waals surface area contributed by atoms with Gasteiger partial charge in [-0.2, -0.15) is 0 Å². The molecular weight excluding hydrogens is 422 g/mol. The first kappa shape index (κ1) is 24.8. The molecule has 1 aliphatic rings. The smallest absolute Gasteiger partial charge is 0.410 e. The van der Waals surface area contributed by atoms with Crippen molar-refractivity contribution < 1.29 is 28.1 Å². The maximum absolute atomic E-state index is 12.6.